The first kappa shape index (κ1) is 9.44. The fourth-order valence-electron chi connectivity index (χ4n) is 2.49. The molecule has 0 amide bonds. The molecule has 1 saturated heterocycles. The van der Waals surface area contributed by atoms with E-state index < -0.39 is 0 Å². The normalized spacial score (nSPS) is 36.7. The third-order valence-corrected chi connectivity index (χ3v) is 3.38. The van der Waals surface area contributed by atoms with Gasteiger partial charge in [0.05, 0.1) is 13.2 Å². The van der Waals surface area contributed by atoms with Gasteiger partial charge in [0.2, 0.25) is 0 Å². The summed E-state index contributed by atoms with van der Waals surface area (Å²) in [5.74, 6) is 0. The Hall–Kier alpha value is -0.120. The second-order valence-corrected chi connectivity index (χ2v) is 4.10. The van der Waals surface area contributed by atoms with E-state index in [1.807, 2.05) is 0 Å². The average Bonchev–Trinajstić information content (AvgIpc) is 2.67. The maximum absolute atomic E-state index is 5.36. The van der Waals surface area contributed by atoms with Crippen molar-refractivity contribution in [3.05, 3.63) is 0 Å². The minimum absolute atomic E-state index is 0.757. The summed E-state index contributed by atoms with van der Waals surface area (Å²) in [6.45, 7) is 4.14. The number of hydrogen-bond acceptors (Lipinski definition) is 3. The van der Waals surface area contributed by atoms with Gasteiger partial charge in [-0.15, -0.1) is 0 Å². The topological polar surface area (TPSA) is 24.5 Å². The van der Waals surface area contributed by atoms with Crippen molar-refractivity contribution in [2.24, 2.45) is 0 Å². The van der Waals surface area contributed by atoms with Crippen molar-refractivity contribution in [2.45, 2.75) is 31.3 Å². The van der Waals surface area contributed by atoms with Gasteiger partial charge >= 0.3 is 0 Å². The molecule has 0 spiro atoms. The van der Waals surface area contributed by atoms with Crippen LogP contribution in [-0.2, 0) is 4.74 Å². The van der Waals surface area contributed by atoms with E-state index in [1.54, 1.807) is 0 Å². The van der Waals surface area contributed by atoms with Gasteiger partial charge in [-0.05, 0) is 26.3 Å². The van der Waals surface area contributed by atoms with E-state index in [4.69, 9.17) is 4.74 Å². The molecular formula is C10H20N2O. The van der Waals surface area contributed by atoms with Crippen LogP contribution >= 0.6 is 0 Å². The highest BCUT2D eigenvalue weighted by Gasteiger charge is 2.28. The van der Waals surface area contributed by atoms with E-state index in [-0.39, 0.29) is 0 Å². The molecule has 0 bridgehead atoms. The Bertz CT molecular complexity index is 157. The smallest absolute Gasteiger partial charge is 0.0594 e. The lowest BCUT2D eigenvalue weighted by Gasteiger charge is -2.32. The predicted molar refractivity (Wildman–Crippen MR) is 52.9 cm³/mol. The highest BCUT2D eigenvalue weighted by molar-refractivity contribution is 4.86. The van der Waals surface area contributed by atoms with Crippen molar-refractivity contribution >= 4 is 0 Å². The summed E-state index contributed by atoms with van der Waals surface area (Å²) in [6.07, 6.45) is 4.04. The first-order chi connectivity index (χ1) is 6.40. The molecule has 2 aliphatic rings. The number of morpholine rings is 1. The molecule has 0 aromatic carbocycles. The SMILES string of the molecule is CNC1CCC(N2CCOCC2)C1. The van der Waals surface area contributed by atoms with Crippen LogP contribution in [-0.4, -0.2) is 50.3 Å². The quantitative estimate of drug-likeness (QED) is 0.675. The maximum atomic E-state index is 5.36. The summed E-state index contributed by atoms with van der Waals surface area (Å²) in [4.78, 5) is 2.60. The van der Waals surface area contributed by atoms with Crippen LogP contribution in [0.4, 0.5) is 0 Å². The van der Waals surface area contributed by atoms with Crippen LogP contribution in [0.25, 0.3) is 0 Å². The fourth-order valence-corrected chi connectivity index (χ4v) is 2.49. The summed E-state index contributed by atoms with van der Waals surface area (Å²) >= 11 is 0. The second kappa shape index (κ2) is 4.40. The fraction of sp³-hybridized carbons (Fsp3) is 1.00. The van der Waals surface area contributed by atoms with Crippen molar-refractivity contribution in [1.82, 2.24) is 10.2 Å². The van der Waals surface area contributed by atoms with Gasteiger partial charge in [0.15, 0.2) is 0 Å². The summed E-state index contributed by atoms with van der Waals surface area (Å²) < 4.78 is 5.36. The van der Waals surface area contributed by atoms with Gasteiger partial charge < -0.3 is 10.1 Å². The van der Waals surface area contributed by atoms with Crippen molar-refractivity contribution in [3.8, 4) is 0 Å². The van der Waals surface area contributed by atoms with Gasteiger partial charge in [0.25, 0.3) is 0 Å². The lowest BCUT2D eigenvalue weighted by atomic mass is 10.2. The van der Waals surface area contributed by atoms with Crippen LogP contribution in [0.3, 0.4) is 0 Å². The molecule has 2 rings (SSSR count). The van der Waals surface area contributed by atoms with Crippen LogP contribution in [0.2, 0.25) is 0 Å². The summed E-state index contributed by atoms with van der Waals surface area (Å²) in [7, 11) is 2.08. The number of hydrogen-bond donors (Lipinski definition) is 1. The maximum Gasteiger partial charge on any atom is 0.0594 e. The molecule has 1 aliphatic heterocycles. The summed E-state index contributed by atoms with van der Waals surface area (Å²) in [6, 6.07) is 1.58. The largest absolute Gasteiger partial charge is 0.379 e. The van der Waals surface area contributed by atoms with E-state index in [0.29, 0.717) is 0 Å². The number of rotatable bonds is 2. The average molecular weight is 184 g/mol. The summed E-state index contributed by atoms with van der Waals surface area (Å²) in [5, 5.41) is 3.38. The Morgan fingerprint density at radius 1 is 1.23 bits per heavy atom. The molecule has 1 saturated carbocycles. The monoisotopic (exact) mass is 184 g/mol. The van der Waals surface area contributed by atoms with E-state index in [9.17, 15) is 0 Å². The second-order valence-electron chi connectivity index (χ2n) is 4.10. The molecule has 1 heterocycles. The summed E-state index contributed by atoms with van der Waals surface area (Å²) in [5.41, 5.74) is 0. The third kappa shape index (κ3) is 2.22. The van der Waals surface area contributed by atoms with Crippen LogP contribution in [0.1, 0.15) is 19.3 Å². The van der Waals surface area contributed by atoms with Crippen LogP contribution in [0.15, 0.2) is 0 Å². The van der Waals surface area contributed by atoms with E-state index in [1.165, 1.54) is 19.3 Å². The van der Waals surface area contributed by atoms with Gasteiger partial charge in [-0.2, -0.15) is 0 Å². The standard InChI is InChI=1S/C10H20N2O/c1-11-9-2-3-10(8-9)12-4-6-13-7-5-12/h9-11H,2-8H2,1H3. The molecule has 2 atom stereocenters. The molecule has 1 N–H and O–H groups in total. The predicted octanol–water partition coefficient (Wildman–Crippen LogP) is 0.459. The highest BCUT2D eigenvalue weighted by atomic mass is 16.5. The first-order valence-corrected chi connectivity index (χ1v) is 5.39. The molecule has 3 nitrogen and oxygen atoms in total. The van der Waals surface area contributed by atoms with Crippen LogP contribution < -0.4 is 5.32 Å². The van der Waals surface area contributed by atoms with Crippen LogP contribution in [0.5, 0.6) is 0 Å². The van der Waals surface area contributed by atoms with E-state index in [2.05, 4.69) is 17.3 Å². The zero-order valence-corrected chi connectivity index (χ0v) is 8.46. The number of nitrogens with zero attached hydrogens (tertiary/aromatic N) is 1. The molecule has 13 heavy (non-hydrogen) atoms. The molecule has 0 aromatic heterocycles. The Labute approximate surface area is 80.4 Å². The molecule has 2 unspecified atom stereocenters. The van der Waals surface area contributed by atoms with Crippen molar-refractivity contribution in [1.29, 1.82) is 0 Å². The van der Waals surface area contributed by atoms with Gasteiger partial charge in [-0.3, -0.25) is 4.90 Å². The molecule has 1 aliphatic carbocycles. The Morgan fingerprint density at radius 2 is 2.00 bits per heavy atom. The third-order valence-electron chi connectivity index (χ3n) is 3.38. The molecule has 76 valence electrons. The minimum Gasteiger partial charge on any atom is -0.379 e. The number of ether oxygens (including phenoxy) is 1. The Kier molecular flexibility index (Phi) is 3.19. The van der Waals surface area contributed by atoms with Crippen LogP contribution in [0, 0.1) is 0 Å². The van der Waals surface area contributed by atoms with E-state index in [0.717, 1.165) is 38.4 Å². The zero-order valence-electron chi connectivity index (χ0n) is 8.46. The van der Waals surface area contributed by atoms with Gasteiger partial charge in [-0.1, -0.05) is 0 Å². The Morgan fingerprint density at radius 3 is 2.62 bits per heavy atom. The highest BCUT2D eigenvalue weighted by Crippen LogP contribution is 2.24. The molecule has 0 radical (unpaired) electrons. The lowest BCUT2D eigenvalue weighted by Crippen LogP contribution is -2.43. The van der Waals surface area contributed by atoms with Crippen molar-refractivity contribution < 1.29 is 4.74 Å². The van der Waals surface area contributed by atoms with Gasteiger partial charge in [0, 0.05) is 25.2 Å². The van der Waals surface area contributed by atoms with Gasteiger partial charge in [0.1, 0.15) is 0 Å². The van der Waals surface area contributed by atoms with E-state index >= 15 is 0 Å². The minimum atomic E-state index is 0.757. The van der Waals surface area contributed by atoms with Gasteiger partial charge in [-0.25, -0.2) is 0 Å². The molecule has 3 heteroatoms. The first-order valence-electron chi connectivity index (χ1n) is 5.39. The number of nitrogens with one attached hydrogen (secondary N) is 1. The van der Waals surface area contributed by atoms with Crippen molar-refractivity contribution in [3.63, 3.8) is 0 Å². The zero-order chi connectivity index (χ0) is 9.10. The van der Waals surface area contributed by atoms with Crippen molar-refractivity contribution in [2.75, 3.05) is 33.4 Å². The molecular weight excluding hydrogens is 164 g/mol. The lowest BCUT2D eigenvalue weighted by molar-refractivity contribution is 0.0176. The molecule has 2 fully saturated rings. The molecule has 0 aromatic rings. The Balaban J connectivity index is 1.80.